The zero-order valence-electron chi connectivity index (χ0n) is 14.5. The summed E-state index contributed by atoms with van der Waals surface area (Å²) < 4.78 is 7.00. The van der Waals surface area contributed by atoms with Gasteiger partial charge in [0.1, 0.15) is 5.75 Å². The molecule has 1 N–H and O–H groups in total. The Balaban J connectivity index is 1.59. The molecule has 27 heavy (non-hydrogen) atoms. The van der Waals surface area contributed by atoms with Crippen LogP contribution in [0.25, 0.3) is 16.9 Å². The molecule has 0 bridgehead atoms. The summed E-state index contributed by atoms with van der Waals surface area (Å²) in [6.45, 7) is 0. The molecule has 2 aromatic heterocycles. The van der Waals surface area contributed by atoms with Gasteiger partial charge in [0, 0.05) is 34.7 Å². The molecule has 7 heteroatoms. The lowest BCUT2D eigenvalue weighted by Gasteiger charge is -2.07. The Bertz CT molecular complexity index is 1080. The summed E-state index contributed by atoms with van der Waals surface area (Å²) in [5.41, 5.74) is 3.38. The van der Waals surface area contributed by atoms with Crippen LogP contribution in [0.3, 0.4) is 0 Å². The van der Waals surface area contributed by atoms with Gasteiger partial charge >= 0.3 is 0 Å². The topological polar surface area (TPSA) is 64.9 Å². The second-order valence-corrected chi connectivity index (χ2v) is 6.21. The number of hydrogen-bond donors (Lipinski definition) is 1. The van der Waals surface area contributed by atoms with E-state index < -0.39 is 0 Å². The van der Waals surface area contributed by atoms with Gasteiger partial charge in [0.15, 0.2) is 0 Å². The second-order valence-electron chi connectivity index (χ2n) is 5.78. The van der Waals surface area contributed by atoms with Gasteiger partial charge in [0.05, 0.1) is 24.7 Å². The fourth-order valence-corrected chi connectivity index (χ4v) is 2.81. The number of aromatic nitrogens is 4. The van der Waals surface area contributed by atoms with Crippen molar-refractivity contribution in [2.75, 3.05) is 12.4 Å². The van der Waals surface area contributed by atoms with E-state index in [9.17, 15) is 0 Å². The Morgan fingerprint density at radius 3 is 2.81 bits per heavy atom. The molecular weight excluding hydrogens is 362 g/mol. The Kier molecular flexibility index (Phi) is 4.72. The van der Waals surface area contributed by atoms with Crippen molar-refractivity contribution in [1.82, 2.24) is 19.7 Å². The number of benzene rings is 2. The summed E-state index contributed by atoms with van der Waals surface area (Å²) in [5, 5.41) is 8.25. The monoisotopic (exact) mass is 377 g/mol. The summed E-state index contributed by atoms with van der Waals surface area (Å²) in [6, 6.07) is 17.0. The Morgan fingerprint density at radius 1 is 1.07 bits per heavy atom. The van der Waals surface area contributed by atoms with Crippen molar-refractivity contribution < 1.29 is 4.74 Å². The number of nitrogens with one attached hydrogen (secondary N) is 1. The lowest BCUT2D eigenvalue weighted by atomic mass is 10.2. The normalized spacial score (nSPS) is 10.6. The fraction of sp³-hybridized carbons (Fsp3) is 0.0500. The molecule has 0 aliphatic heterocycles. The maximum atomic E-state index is 6.06. The average molecular weight is 378 g/mol. The predicted molar refractivity (Wildman–Crippen MR) is 106 cm³/mol. The molecule has 0 aliphatic carbocycles. The molecule has 6 nitrogen and oxygen atoms in total. The van der Waals surface area contributed by atoms with E-state index in [2.05, 4.69) is 20.4 Å². The first-order chi connectivity index (χ1) is 13.2. The van der Waals surface area contributed by atoms with Gasteiger partial charge in [0.2, 0.25) is 5.95 Å². The third kappa shape index (κ3) is 3.91. The molecular formula is C20H16ClN5O. The molecule has 0 fully saturated rings. The van der Waals surface area contributed by atoms with E-state index in [4.69, 9.17) is 16.3 Å². The molecule has 0 atom stereocenters. The van der Waals surface area contributed by atoms with Gasteiger partial charge in [-0.1, -0.05) is 23.7 Å². The van der Waals surface area contributed by atoms with Crippen LogP contribution >= 0.6 is 11.6 Å². The van der Waals surface area contributed by atoms with Crippen LogP contribution in [0, 0.1) is 0 Å². The first kappa shape index (κ1) is 17.1. The molecule has 0 spiro atoms. The number of rotatable bonds is 5. The van der Waals surface area contributed by atoms with Gasteiger partial charge in [-0.3, -0.25) is 0 Å². The van der Waals surface area contributed by atoms with Crippen molar-refractivity contribution in [3.8, 4) is 22.7 Å². The molecule has 0 radical (unpaired) electrons. The Morgan fingerprint density at radius 2 is 1.96 bits per heavy atom. The highest BCUT2D eigenvalue weighted by Crippen LogP contribution is 2.23. The minimum absolute atomic E-state index is 0.497. The standard InChI is InChI=1S/C20H16ClN5O/c1-27-18-7-3-5-16(11-18)24-20-22-9-8-19(25-20)14-12-23-26(13-14)17-6-2-4-15(21)10-17/h2-13H,1H3,(H,22,24,25). The smallest absolute Gasteiger partial charge is 0.227 e. The van der Waals surface area contributed by atoms with Crippen LogP contribution in [0.1, 0.15) is 0 Å². The van der Waals surface area contributed by atoms with Crippen molar-refractivity contribution in [3.63, 3.8) is 0 Å². The highest BCUT2D eigenvalue weighted by atomic mass is 35.5. The van der Waals surface area contributed by atoms with E-state index >= 15 is 0 Å². The Labute approximate surface area is 161 Å². The molecule has 4 rings (SSSR count). The van der Waals surface area contributed by atoms with Crippen LogP contribution in [0.5, 0.6) is 5.75 Å². The third-order valence-electron chi connectivity index (χ3n) is 3.93. The van der Waals surface area contributed by atoms with Gasteiger partial charge < -0.3 is 10.1 Å². The number of methoxy groups -OCH3 is 1. The van der Waals surface area contributed by atoms with Crippen molar-refractivity contribution in [1.29, 1.82) is 0 Å². The second kappa shape index (κ2) is 7.47. The zero-order valence-corrected chi connectivity index (χ0v) is 15.3. The average Bonchev–Trinajstić information content (AvgIpc) is 3.19. The quantitative estimate of drug-likeness (QED) is 0.544. The minimum atomic E-state index is 0.497. The number of hydrogen-bond acceptors (Lipinski definition) is 5. The molecule has 0 aliphatic rings. The van der Waals surface area contributed by atoms with Gasteiger partial charge in [0.25, 0.3) is 0 Å². The van der Waals surface area contributed by atoms with E-state index in [1.54, 1.807) is 24.2 Å². The van der Waals surface area contributed by atoms with E-state index in [0.29, 0.717) is 11.0 Å². The van der Waals surface area contributed by atoms with E-state index in [1.165, 1.54) is 0 Å². The van der Waals surface area contributed by atoms with Crippen LogP contribution in [0.2, 0.25) is 5.02 Å². The molecule has 0 saturated carbocycles. The van der Waals surface area contributed by atoms with Gasteiger partial charge in [-0.15, -0.1) is 0 Å². The molecule has 0 saturated heterocycles. The molecule has 2 aromatic carbocycles. The van der Waals surface area contributed by atoms with Crippen molar-refractivity contribution >= 4 is 23.2 Å². The third-order valence-corrected chi connectivity index (χ3v) is 4.17. The van der Waals surface area contributed by atoms with Crippen molar-refractivity contribution in [2.24, 2.45) is 0 Å². The summed E-state index contributed by atoms with van der Waals surface area (Å²) in [6.07, 6.45) is 5.38. The van der Waals surface area contributed by atoms with Crippen LogP contribution in [-0.4, -0.2) is 26.9 Å². The van der Waals surface area contributed by atoms with Crippen LogP contribution < -0.4 is 10.1 Å². The number of nitrogens with zero attached hydrogens (tertiary/aromatic N) is 4. The largest absolute Gasteiger partial charge is 0.497 e. The lowest BCUT2D eigenvalue weighted by molar-refractivity contribution is 0.415. The molecule has 4 aromatic rings. The van der Waals surface area contributed by atoms with Gasteiger partial charge in [-0.05, 0) is 36.4 Å². The summed E-state index contributed by atoms with van der Waals surface area (Å²) in [5.74, 6) is 1.26. The molecule has 0 unspecified atom stereocenters. The van der Waals surface area contributed by atoms with Crippen molar-refractivity contribution in [3.05, 3.63) is 78.2 Å². The maximum absolute atomic E-state index is 6.06. The number of halogens is 1. The van der Waals surface area contributed by atoms with E-state index in [1.807, 2.05) is 60.8 Å². The lowest BCUT2D eigenvalue weighted by Crippen LogP contribution is -1.98. The highest BCUT2D eigenvalue weighted by Gasteiger charge is 2.07. The summed E-state index contributed by atoms with van der Waals surface area (Å²) >= 11 is 6.06. The van der Waals surface area contributed by atoms with E-state index in [-0.39, 0.29) is 0 Å². The minimum Gasteiger partial charge on any atom is -0.497 e. The zero-order chi connectivity index (χ0) is 18.6. The molecule has 0 amide bonds. The molecule has 134 valence electrons. The summed E-state index contributed by atoms with van der Waals surface area (Å²) in [4.78, 5) is 8.86. The van der Waals surface area contributed by atoms with E-state index in [0.717, 1.165) is 28.4 Å². The molecule has 2 heterocycles. The first-order valence-electron chi connectivity index (χ1n) is 8.26. The van der Waals surface area contributed by atoms with Crippen LogP contribution in [0.4, 0.5) is 11.6 Å². The summed E-state index contributed by atoms with van der Waals surface area (Å²) in [7, 11) is 1.63. The predicted octanol–water partition coefficient (Wildman–Crippen LogP) is 4.73. The SMILES string of the molecule is COc1cccc(Nc2nccc(-c3cnn(-c4cccc(Cl)c4)c3)n2)c1. The van der Waals surface area contributed by atoms with Gasteiger partial charge in [-0.25, -0.2) is 14.6 Å². The van der Waals surface area contributed by atoms with Crippen LogP contribution in [-0.2, 0) is 0 Å². The fourth-order valence-electron chi connectivity index (χ4n) is 2.62. The maximum Gasteiger partial charge on any atom is 0.227 e. The van der Waals surface area contributed by atoms with Crippen molar-refractivity contribution in [2.45, 2.75) is 0 Å². The first-order valence-corrected chi connectivity index (χ1v) is 8.64. The Hall–Kier alpha value is -3.38. The highest BCUT2D eigenvalue weighted by molar-refractivity contribution is 6.30. The van der Waals surface area contributed by atoms with Crippen LogP contribution in [0.15, 0.2) is 73.2 Å². The van der Waals surface area contributed by atoms with Gasteiger partial charge in [-0.2, -0.15) is 5.10 Å². The number of anilines is 2. The number of ether oxygens (including phenoxy) is 1.